The van der Waals surface area contributed by atoms with Gasteiger partial charge in [-0.1, -0.05) is 5.10 Å². The number of pyridine rings is 1. The van der Waals surface area contributed by atoms with Crippen molar-refractivity contribution in [3.8, 4) is 0 Å². The van der Waals surface area contributed by atoms with Gasteiger partial charge >= 0.3 is 6.01 Å². The summed E-state index contributed by atoms with van der Waals surface area (Å²) < 4.78 is 5.27. The van der Waals surface area contributed by atoms with Gasteiger partial charge in [0.25, 0.3) is 5.91 Å². The minimum atomic E-state index is -0.567. The van der Waals surface area contributed by atoms with E-state index in [1.807, 2.05) is 0 Å². The lowest BCUT2D eigenvalue weighted by molar-refractivity contribution is 0.102. The van der Waals surface area contributed by atoms with E-state index < -0.39 is 5.91 Å². The van der Waals surface area contributed by atoms with Crippen molar-refractivity contribution >= 4 is 11.9 Å². The Morgan fingerprint density at radius 1 is 1.44 bits per heavy atom. The Morgan fingerprint density at radius 2 is 2.28 bits per heavy atom. The Balaban J connectivity index is 1.77. The fourth-order valence-corrected chi connectivity index (χ4v) is 1.54. The highest BCUT2D eigenvalue weighted by Gasteiger charge is 2.29. The van der Waals surface area contributed by atoms with E-state index in [-0.39, 0.29) is 17.0 Å². The number of rotatable bonds is 3. The first-order valence-electron chi connectivity index (χ1n) is 5.56. The number of carbonyl (C=O) groups excluding carboxylic acids is 1. The summed E-state index contributed by atoms with van der Waals surface area (Å²) in [5.74, 6) is 0.290. The topological polar surface area (TPSA) is 101 Å². The van der Waals surface area contributed by atoms with Gasteiger partial charge in [-0.2, -0.15) is 0 Å². The Labute approximate surface area is 101 Å². The standard InChI is InChI=1S/C11H10N4O3/c16-8-3-4-12-5-7(8)9(17)13-11-15-14-10(18-11)6-1-2-6/h3-6H,1-2H2,(H,12,16)(H,13,15,17). The van der Waals surface area contributed by atoms with E-state index in [1.54, 1.807) is 0 Å². The molecule has 7 heteroatoms. The average Bonchev–Trinajstić information content (AvgIpc) is 3.11. The van der Waals surface area contributed by atoms with Crippen molar-refractivity contribution in [1.29, 1.82) is 0 Å². The fourth-order valence-electron chi connectivity index (χ4n) is 1.54. The molecule has 2 aromatic rings. The van der Waals surface area contributed by atoms with E-state index in [0.717, 1.165) is 12.8 Å². The molecule has 1 fully saturated rings. The van der Waals surface area contributed by atoms with Crippen molar-refractivity contribution in [3.05, 3.63) is 40.1 Å². The lowest BCUT2D eigenvalue weighted by atomic mass is 10.2. The third-order valence-corrected chi connectivity index (χ3v) is 2.66. The minimum Gasteiger partial charge on any atom is -0.408 e. The Kier molecular flexibility index (Phi) is 2.44. The van der Waals surface area contributed by atoms with Crippen LogP contribution in [0.2, 0.25) is 0 Å². The average molecular weight is 246 g/mol. The number of hydrogen-bond donors (Lipinski definition) is 2. The van der Waals surface area contributed by atoms with Crippen LogP contribution in [0.3, 0.4) is 0 Å². The molecule has 3 rings (SSSR count). The van der Waals surface area contributed by atoms with E-state index in [2.05, 4.69) is 20.5 Å². The van der Waals surface area contributed by atoms with Crippen LogP contribution in [-0.4, -0.2) is 21.1 Å². The Morgan fingerprint density at radius 3 is 3.00 bits per heavy atom. The number of aromatic amines is 1. The monoisotopic (exact) mass is 246 g/mol. The molecule has 0 spiro atoms. The van der Waals surface area contributed by atoms with E-state index in [4.69, 9.17) is 4.42 Å². The van der Waals surface area contributed by atoms with Gasteiger partial charge in [0.2, 0.25) is 5.89 Å². The quantitative estimate of drug-likeness (QED) is 0.837. The van der Waals surface area contributed by atoms with E-state index in [1.165, 1.54) is 18.5 Å². The summed E-state index contributed by atoms with van der Waals surface area (Å²) in [5.41, 5.74) is -0.364. The van der Waals surface area contributed by atoms with Crippen LogP contribution in [-0.2, 0) is 0 Å². The Hall–Kier alpha value is -2.44. The molecule has 1 saturated carbocycles. The molecule has 92 valence electrons. The van der Waals surface area contributed by atoms with Gasteiger partial charge in [-0.15, -0.1) is 5.10 Å². The molecule has 0 bridgehead atoms. The lowest BCUT2D eigenvalue weighted by Crippen LogP contribution is -2.20. The molecular formula is C11H10N4O3. The highest BCUT2D eigenvalue weighted by Crippen LogP contribution is 2.39. The van der Waals surface area contributed by atoms with Crippen molar-refractivity contribution in [2.45, 2.75) is 18.8 Å². The number of amides is 1. The number of hydrogen-bond acceptors (Lipinski definition) is 5. The van der Waals surface area contributed by atoms with Crippen LogP contribution < -0.4 is 10.7 Å². The van der Waals surface area contributed by atoms with E-state index >= 15 is 0 Å². The second-order valence-electron chi connectivity index (χ2n) is 4.10. The van der Waals surface area contributed by atoms with Crippen LogP contribution in [0.1, 0.15) is 35.0 Å². The maximum absolute atomic E-state index is 11.8. The molecule has 0 aliphatic heterocycles. The minimum absolute atomic E-state index is 0.00340. The third kappa shape index (κ3) is 2.02. The molecule has 2 heterocycles. The summed E-state index contributed by atoms with van der Waals surface area (Å²) in [6, 6.07) is 1.29. The first kappa shape index (κ1) is 10.7. The molecule has 1 aliphatic rings. The molecule has 0 aromatic carbocycles. The zero-order valence-electron chi connectivity index (χ0n) is 9.34. The molecular weight excluding hydrogens is 236 g/mol. The molecule has 0 unspecified atom stereocenters. The van der Waals surface area contributed by atoms with Gasteiger partial charge in [0.1, 0.15) is 5.56 Å². The molecule has 1 amide bonds. The van der Waals surface area contributed by atoms with Crippen molar-refractivity contribution in [2.75, 3.05) is 5.32 Å². The van der Waals surface area contributed by atoms with Gasteiger partial charge in [0, 0.05) is 24.4 Å². The van der Waals surface area contributed by atoms with Gasteiger partial charge in [-0.25, -0.2) is 0 Å². The van der Waals surface area contributed by atoms with Crippen molar-refractivity contribution in [1.82, 2.24) is 15.2 Å². The van der Waals surface area contributed by atoms with E-state index in [0.29, 0.717) is 11.8 Å². The third-order valence-electron chi connectivity index (χ3n) is 2.66. The van der Waals surface area contributed by atoms with Crippen LogP contribution in [0.4, 0.5) is 6.01 Å². The molecule has 2 N–H and O–H groups in total. The number of anilines is 1. The maximum atomic E-state index is 11.8. The van der Waals surface area contributed by atoms with E-state index in [9.17, 15) is 9.59 Å². The van der Waals surface area contributed by atoms with Gasteiger partial charge in [0.05, 0.1) is 0 Å². The van der Waals surface area contributed by atoms with Gasteiger partial charge in [-0.05, 0) is 12.8 Å². The molecule has 7 nitrogen and oxygen atoms in total. The smallest absolute Gasteiger partial charge is 0.322 e. The largest absolute Gasteiger partial charge is 0.408 e. The molecule has 1 aliphatic carbocycles. The molecule has 2 aromatic heterocycles. The summed E-state index contributed by atoms with van der Waals surface area (Å²) >= 11 is 0. The predicted molar refractivity (Wildman–Crippen MR) is 61.3 cm³/mol. The van der Waals surface area contributed by atoms with Gasteiger partial charge < -0.3 is 9.40 Å². The fraction of sp³-hybridized carbons (Fsp3) is 0.273. The number of nitrogens with one attached hydrogen (secondary N) is 2. The van der Waals surface area contributed by atoms with Gasteiger partial charge in [0.15, 0.2) is 5.43 Å². The molecule has 18 heavy (non-hydrogen) atoms. The number of H-pyrrole nitrogens is 1. The number of carbonyl (C=O) groups is 1. The van der Waals surface area contributed by atoms with Crippen LogP contribution in [0.25, 0.3) is 0 Å². The highest BCUT2D eigenvalue weighted by molar-refractivity contribution is 6.02. The highest BCUT2D eigenvalue weighted by atomic mass is 16.4. The van der Waals surface area contributed by atoms with Crippen LogP contribution in [0.5, 0.6) is 0 Å². The number of nitrogens with zero attached hydrogens (tertiary/aromatic N) is 2. The molecule has 0 saturated heterocycles. The zero-order valence-corrected chi connectivity index (χ0v) is 9.34. The van der Waals surface area contributed by atoms with Crippen molar-refractivity contribution in [2.24, 2.45) is 0 Å². The van der Waals surface area contributed by atoms with Crippen molar-refractivity contribution in [3.63, 3.8) is 0 Å². The SMILES string of the molecule is O=C(Nc1nnc(C2CC2)o1)c1c[nH]ccc1=O. The summed E-state index contributed by atoms with van der Waals surface area (Å²) in [7, 11) is 0. The summed E-state index contributed by atoms with van der Waals surface area (Å²) in [6.45, 7) is 0. The number of aromatic nitrogens is 3. The van der Waals surface area contributed by atoms with Crippen LogP contribution in [0.15, 0.2) is 27.7 Å². The van der Waals surface area contributed by atoms with Crippen LogP contribution >= 0.6 is 0 Å². The summed E-state index contributed by atoms with van der Waals surface area (Å²) in [4.78, 5) is 25.9. The first-order valence-corrected chi connectivity index (χ1v) is 5.56. The predicted octanol–water partition coefficient (Wildman–Crippen LogP) is 0.888. The lowest BCUT2D eigenvalue weighted by Gasteiger charge is -1.98. The second kappa shape index (κ2) is 4.10. The summed E-state index contributed by atoms with van der Waals surface area (Å²) in [5, 5.41) is 9.94. The second-order valence-corrected chi connectivity index (χ2v) is 4.10. The maximum Gasteiger partial charge on any atom is 0.322 e. The van der Waals surface area contributed by atoms with Gasteiger partial charge in [-0.3, -0.25) is 14.9 Å². The zero-order chi connectivity index (χ0) is 12.5. The Bertz CT molecular complexity index is 641. The molecule has 0 atom stereocenters. The molecule has 0 radical (unpaired) electrons. The first-order chi connectivity index (χ1) is 8.74. The normalized spacial score (nSPS) is 14.4. The summed E-state index contributed by atoms with van der Waals surface area (Å²) in [6.07, 6.45) is 4.86. The van der Waals surface area contributed by atoms with Crippen molar-refractivity contribution < 1.29 is 9.21 Å². The van der Waals surface area contributed by atoms with Crippen LogP contribution in [0, 0.1) is 0 Å².